The van der Waals surface area contributed by atoms with Crippen LogP contribution in [0.4, 0.5) is 10.1 Å². The van der Waals surface area contributed by atoms with E-state index in [4.69, 9.17) is 0 Å². The number of halogens is 1. The molecule has 2 rings (SSSR count). The molecule has 0 saturated heterocycles. The van der Waals surface area contributed by atoms with Gasteiger partial charge in [-0.15, -0.1) is 0 Å². The molecule has 0 aliphatic rings. The van der Waals surface area contributed by atoms with Crippen molar-refractivity contribution >= 4 is 5.69 Å². The van der Waals surface area contributed by atoms with E-state index in [9.17, 15) is 24.1 Å². The Kier molecular flexibility index (Phi) is 3.97. The minimum atomic E-state index is -0.967. The number of hydrogen-bond donors (Lipinski definition) is 1. The van der Waals surface area contributed by atoms with Gasteiger partial charge in [-0.25, -0.2) is 4.79 Å². The van der Waals surface area contributed by atoms with Crippen molar-refractivity contribution in [2.75, 3.05) is 0 Å². The van der Waals surface area contributed by atoms with Gasteiger partial charge in [-0.1, -0.05) is 13.0 Å². The van der Waals surface area contributed by atoms with Crippen LogP contribution in [0.2, 0.25) is 0 Å². The van der Waals surface area contributed by atoms with Gasteiger partial charge < -0.3 is 0 Å². The van der Waals surface area contributed by atoms with E-state index in [1.807, 2.05) is 0 Å². The summed E-state index contributed by atoms with van der Waals surface area (Å²) in [6.45, 7) is 1.78. The molecule has 0 atom stereocenters. The van der Waals surface area contributed by atoms with E-state index >= 15 is 0 Å². The highest BCUT2D eigenvalue weighted by Gasteiger charge is 2.14. The molecule has 1 N–H and O–H groups in total. The molecule has 21 heavy (non-hydrogen) atoms. The third-order valence-electron chi connectivity index (χ3n) is 3.03. The second-order valence-electron chi connectivity index (χ2n) is 4.44. The van der Waals surface area contributed by atoms with Crippen molar-refractivity contribution in [2.45, 2.75) is 19.9 Å². The molecule has 1 aromatic carbocycles. The maximum atomic E-state index is 13.5. The Balaban J connectivity index is 2.39. The SMILES string of the molecule is CCc1cn(Cc2ccc([N+](=O)[O-])c(F)c2)c(=O)[nH]c1=O. The number of nitro benzene ring substituents is 1. The highest BCUT2D eigenvalue weighted by molar-refractivity contribution is 5.35. The highest BCUT2D eigenvalue weighted by atomic mass is 19.1. The molecule has 1 heterocycles. The van der Waals surface area contributed by atoms with Crippen LogP contribution in [0.3, 0.4) is 0 Å². The summed E-state index contributed by atoms with van der Waals surface area (Å²) >= 11 is 0. The molecule has 0 aliphatic heterocycles. The molecule has 0 amide bonds. The molecule has 0 fully saturated rings. The molecule has 7 nitrogen and oxygen atoms in total. The van der Waals surface area contributed by atoms with Gasteiger partial charge in [0.15, 0.2) is 0 Å². The second-order valence-corrected chi connectivity index (χ2v) is 4.44. The van der Waals surface area contributed by atoms with E-state index in [2.05, 4.69) is 4.98 Å². The molecule has 0 saturated carbocycles. The first-order valence-electron chi connectivity index (χ1n) is 6.17. The lowest BCUT2D eigenvalue weighted by molar-refractivity contribution is -0.387. The van der Waals surface area contributed by atoms with Gasteiger partial charge >= 0.3 is 11.4 Å². The van der Waals surface area contributed by atoms with E-state index in [0.29, 0.717) is 17.5 Å². The first kappa shape index (κ1) is 14.6. The van der Waals surface area contributed by atoms with Crippen molar-refractivity contribution in [1.82, 2.24) is 9.55 Å². The molecule has 0 aliphatic carbocycles. The van der Waals surface area contributed by atoms with Crippen molar-refractivity contribution in [3.8, 4) is 0 Å². The first-order valence-corrected chi connectivity index (χ1v) is 6.17. The minimum absolute atomic E-state index is 0.0114. The third kappa shape index (κ3) is 3.04. The average Bonchev–Trinajstić information content (AvgIpc) is 2.41. The molecular formula is C13H12FN3O4. The van der Waals surface area contributed by atoms with Crippen LogP contribution < -0.4 is 11.2 Å². The summed E-state index contributed by atoms with van der Waals surface area (Å²) in [4.78, 5) is 35.0. The Morgan fingerprint density at radius 2 is 2.10 bits per heavy atom. The van der Waals surface area contributed by atoms with Gasteiger partial charge in [0.2, 0.25) is 5.82 Å². The molecule has 0 radical (unpaired) electrons. The Hall–Kier alpha value is -2.77. The van der Waals surface area contributed by atoms with Crippen LogP contribution in [0, 0.1) is 15.9 Å². The molecule has 1 aromatic heterocycles. The van der Waals surface area contributed by atoms with Crippen molar-refractivity contribution in [3.05, 3.63) is 72.3 Å². The Morgan fingerprint density at radius 3 is 2.67 bits per heavy atom. The number of nitro groups is 1. The van der Waals surface area contributed by atoms with Gasteiger partial charge in [0.25, 0.3) is 5.56 Å². The molecule has 110 valence electrons. The summed E-state index contributed by atoms with van der Waals surface area (Å²) in [6.07, 6.45) is 1.85. The smallest absolute Gasteiger partial charge is 0.296 e. The lowest BCUT2D eigenvalue weighted by atomic mass is 10.2. The van der Waals surface area contributed by atoms with Gasteiger partial charge in [-0.2, -0.15) is 4.39 Å². The molecule has 2 aromatic rings. The summed E-state index contributed by atoms with van der Waals surface area (Å²) in [5.41, 5.74) is -0.877. The number of aryl methyl sites for hydroxylation is 1. The van der Waals surface area contributed by atoms with Crippen LogP contribution in [0.25, 0.3) is 0 Å². The number of nitrogens with one attached hydrogen (secondary N) is 1. The minimum Gasteiger partial charge on any atom is -0.296 e. The van der Waals surface area contributed by atoms with Crippen molar-refractivity contribution < 1.29 is 9.31 Å². The number of rotatable bonds is 4. The van der Waals surface area contributed by atoms with Crippen LogP contribution in [-0.2, 0) is 13.0 Å². The van der Waals surface area contributed by atoms with Crippen LogP contribution in [0.15, 0.2) is 34.0 Å². The Bertz CT molecular complexity index is 810. The number of H-pyrrole nitrogens is 1. The predicted octanol–water partition coefficient (Wildman–Crippen LogP) is 1.19. The van der Waals surface area contributed by atoms with Crippen LogP contribution in [0.1, 0.15) is 18.1 Å². The monoisotopic (exact) mass is 293 g/mol. The normalized spacial score (nSPS) is 10.6. The lowest BCUT2D eigenvalue weighted by Crippen LogP contribution is -2.31. The van der Waals surface area contributed by atoms with Gasteiger partial charge in [-0.3, -0.25) is 24.5 Å². The van der Waals surface area contributed by atoms with Crippen LogP contribution in [-0.4, -0.2) is 14.5 Å². The Labute approximate surface area is 117 Å². The molecule has 0 unspecified atom stereocenters. The van der Waals surface area contributed by atoms with Crippen molar-refractivity contribution in [3.63, 3.8) is 0 Å². The van der Waals surface area contributed by atoms with Crippen LogP contribution in [0.5, 0.6) is 0 Å². The Morgan fingerprint density at radius 1 is 1.38 bits per heavy atom. The fourth-order valence-electron chi connectivity index (χ4n) is 1.92. The maximum Gasteiger partial charge on any atom is 0.328 e. The lowest BCUT2D eigenvalue weighted by Gasteiger charge is -2.07. The second kappa shape index (κ2) is 5.70. The third-order valence-corrected chi connectivity index (χ3v) is 3.03. The largest absolute Gasteiger partial charge is 0.328 e. The fourth-order valence-corrected chi connectivity index (χ4v) is 1.92. The molecule has 0 bridgehead atoms. The highest BCUT2D eigenvalue weighted by Crippen LogP contribution is 2.18. The van der Waals surface area contributed by atoms with E-state index in [1.54, 1.807) is 6.92 Å². The molecular weight excluding hydrogens is 281 g/mol. The maximum absolute atomic E-state index is 13.5. The molecule has 8 heteroatoms. The van der Waals surface area contributed by atoms with E-state index in [1.165, 1.54) is 16.8 Å². The number of benzene rings is 1. The summed E-state index contributed by atoms with van der Waals surface area (Å²) in [5, 5.41) is 10.5. The summed E-state index contributed by atoms with van der Waals surface area (Å²) in [6, 6.07) is 3.41. The predicted molar refractivity (Wildman–Crippen MR) is 72.9 cm³/mol. The zero-order valence-electron chi connectivity index (χ0n) is 11.1. The fraction of sp³-hybridized carbons (Fsp3) is 0.231. The number of aromatic amines is 1. The van der Waals surface area contributed by atoms with Gasteiger partial charge in [0, 0.05) is 17.8 Å². The van der Waals surface area contributed by atoms with Gasteiger partial charge in [0.05, 0.1) is 11.5 Å². The van der Waals surface area contributed by atoms with E-state index < -0.39 is 27.7 Å². The van der Waals surface area contributed by atoms with E-state index in [-0.39, 0.29) is 6.54 Å². The number of aromatic nitrogens is 2. The van der Waals surface area contributed by atoms with Crippen molar-refractivity contribution in [2.24, 2.45) is 0 Å². The van der Waals surface area contributed by atoms with Crippen LogP contribution >= 0.6 is 0 Å². The zero-order valence-corrected chi connectivity index (χ0v) is 11.1. The zero-order chi connectivity index (χ0) is 15.6. The van der Waals surface area contributed by atoms with Crippen molar-refractivity contribution in [1.29, 1.82) is 0 Å². The standard InChI is InChI=1S/C13H12FN3O4/c1-2-9-7-16(13(19)15-12(9)18)6-8-3-4-11(17(20)21)10(14)5-8/h3-5,7H,2,6H2,1H3,(H,15,18,19). The number of nitrogens with zero attached hydrogens (tertiary/aromatic N) is 2. The van der Waals surface area contributed by atoms with E-state index in [0.717, 1.165) is 12.1 Å². The quantitative estimate of drug-likeness (QED) is 0.676. The number of hydrogen-bond acceptors (Lipinski definition) is 4. The summed E-state index contributed by atoms with van der Waals surface area (Å²) < 4.78 is 14.7. The topological polar surface area (TPSA) is 98.0 Å². The summed E-state index contributed by atoms with van der Waals surface area (Å²) in [5.74, 6) is -0.967. The van der Waals surface area contributed by atoms with Gasteiger partial charge in [-0.05, 0) is 18.1 Å². The molecule has 0 spiro atoms. The first-order chi connectivity index (χ1) is 9.92. The summed E-state index contributed by atoms with van der Waals surface area (Å²) in [7, 11) is 0. The van der Waals surface area contributed by atoms with Gasteiger partial charge in [0.1, 0.15) is 0 Å². The average molecular weight is 293 g/mol.